The maximum Gasteiger partial charge on any atom is 0.231 e. The Morgan fingerprint density at radius 2 is 1.83 bits per heavy atom. The first kappa shape index (κ1) is 18.5. The summed E-state index contributed by atoms with van der Waals surface area (Å²) in [6.45, 7) is 10.1. The number of hydrogen-bond donors (Lipinski definition) is 0. The van der Waals surface area contributed by atoms with Gasteiger partial charge < -0.3 is 4.52 Å². The lowest BCUT2D eigenvalue weighted by Crippen LogP contribution is -2.59. The zero-order valence-corrected chi connectivity index (χ0v) is 17.4. The third-order valence-electron chi connectivity index (χ3n) is 6.62. The van der Waals surface area contributed by atoms with Crippen molar-refractivity contribution >= 4 is 0 Å². The van der Waals surface area contributed by atoms with Gasteiger partial charge in [-0.3, -0.25) is 14.5 Å². The topological polar surface area (TPSA) is 63.2 Å². The molecule has 1 spiro atoms. The molecule has 2 fully saturated rings. The average molecular weight is 393 g/mol. The molecule has 2 aromatic heterocycles. The molecular weight excluding hydrogens is 364 g/mol. The minimum Gasteiger partial charge on any atom is -0.339 e. The van der Waals surface area contributed by atoms with Crippen molar-refractivity contribution < 1.29 is 4.52 Å². The Labute approximate surface area is 171 Å². The number of hydrogen-bond acceptors (Lipinski definition) is 6. The molecule has 7 heteroatoms. The highest BCUT2D eigenvalue weighted by Crippen LogP contribution is 2.49. The fourth-order valence-corrected chi connectivity index (χ4v) is 5.05. The molecule has 3 aromatic rings. The van der Waals surface area contributed by atoms with Gasteiger partial charge in [0, 0.05) is 63.0 Å². The van der Waals surface area contributed by atoms with E-state index >= 15 is 0 Å². The number of aromatic nitrogens is 4. The van der Waals surface area contributed by atoms with Gasteiger partial charge >= 0.3 is 0 Å². The van der Waals surface area contributed by atoms with Crippen LogP contribution >= 0.6 is 0 Å². The number of likely N-dealkylation sites (tertiary alicyclic amines) is 2. The van der Waals surface area contributed by atoms with Gasteiger partial charge in [0.1, 0.15) is 0 Å². The summed E-state index contributed by atoms with van der Waals surface area (Å²) in [7, 11) is 2.00. The van der Waals surface area contributed by atoms with Crippen LogP contribution in [0.4, 0.5) is 0 Å². The zero-order chi connectivity index (χ0) is 20.0. The van der Waals surface area contributed by atoms with Crippen LogP contribution < -0.4 is 0 Å². The number of nitrogens with zero attached hydrogens (tertiary/aromatic N) is 6. The van der Waals surface area contributed by atoms with E-state index in [1.165, 1.54) is 16.8 Å². The standard InChI is InChI=1S/C22H28N6O/c1-16-19(9-23-26(16)3)11-28-14-22(15-28)13-27(10-18-7-5-4-6-8-18)12-20(22)21-24-17(2)25-29-21/h4-9,20H,10-15H2,1-3H3. The number of rotatable bonds is 5. The van der Waals surface area contributed by atoms with Gasteiger partial charge in [0.15, 0.2) is 5.82 Å². The van der Waals surface area contributed by atoms with E-state index in [1.54, 1.807) is 0 Å². The van der Waals surface area contributed by atoms with Crippen molar-refractivity contribution in [2.75, 3.05) is 26.2 Å². The van der Waals surface area contributed by atoms with E-state index in [1.807, 2.05) is 24.9 Å². The summed E-state index contributed by atoms with van der Waals surface area (Å²) in [6, 6.07) is 10.7. The lowest BCUT2D eigenvalue weighted by atomic mass is 9.71. The minimum atomic E-state index is 0.184. The molecule has 152 valence electrons. The van der Waals surface area contributed by atoms with Gasteiger partial charge in [0.05, 0.1) is 12.1 Å². The molecule has 29 heavy (non-hydrogen) atoms. The molecule has 0 N–H and O–H groups in total. The normalized spacial score (nSPS) is 21.7. The van der Waals surface area contributed by atoms with E-state index in [0.29, 0.717) is 5.92 Å². The van der Waals surface area contributed by atoms with Crippen molar-refractivity contribution in [1.29, 1.82) is 0 Å². The first-order chi connectivity index (χ1) is 14.0. The predicted octanol–water partition coefficient (Wildman–Crippen LogP) is 2.52. The molecule has 1 unspecified atom stereocenters. The molecule has 4 heterocycles. The second-order valence-electron chi connectivity index (χ2n) is 8.77. The number of benzene rings is 1. The Morgan fingerprint density at radius 3 is 2.48 bits per heavy atom. The van der Waals surface area contributed by atoms with Crippen LogP contribution in [-0.4, -0.2) is 55.9 Å². The summed E-state index contributed by atoms with van der Waals surface area (Å²) in [4.78, 5) is 9.67. The summed E-state index contributed by atoms with van der Waals surface area (Å²) < 4.78 is 7.58. The molecule has 2 aliphatic rings. The molecule has 5 rings (SSSR count). The third kappa shape index (κ3) is 3.38. The van der Waals surface area contributed by atoms with E-state index in [0.717, 1.165) is 51.0 Å². The molecule has 7 nitrogen and oxygen atoms in total. The van der Waals surface area contributed by atoms with Crippen LogP contribution in [0.3, 0.4) is 0 Å². The van der Waals surface area contributed by atoms with E-state index in [4.69, 9.17) is 4.52 Å². The summed E-state index contributed by atoms with van der Waals surface area (Å²) in [5, 5.41) is 8.46. The minimum absolute atomic E-state index is 0.184. The van der Waals surface area contributed by atoms with E-state index in [-0.39, 0.29) is 5.41 Å². The van der Waals surface area contributed by atoms with Crippen molar-refractivity contribution in [3.8, 4) is 0 Å². The van der Waals surface area contributed by atoms with Crippen molar-refractivity contribution in [2.24, 2.45) is 12.5 Å². The third-order valence-corrected chi connectivity index (χ3v) is 6.62. The lowest BCUT2D eigenvalue weighted by molar-refractivity contribution is -0.0151. The fraction of sp³-hybridized carbons (Fsp3) is 0.500. The summed E-state index contributed by atoms with van der Waals surface area (Å²) in [5.41, 5.74) is 4.09. The van der Waals surface area contributed by atoms with Crippen molar-refractivity contribution in [2.45, 2.75) is 32.9 Å². The number of aryl methyl sites for hydroxylation is 2. The summed E-state index contributed by atoms with van der Waals surface area (Å²) >= 11 is 0. The van der Waals surface area contributed by atoms with Gasteiger partial charge in [-0.2, -0.15) is 10.1 Å². The molecular formula is C22H28N6O. The van der Waals surface area contributed by atoms with Gasteiger partial charge in [-0.15, -0.1) is 0 Å². The largest absolute Gasteiger partial charge is 0.339 e. The predicted molar refractivity (Wildman–Crippen MR) is 109 cm³/mol. The van der Waals surface area contributed by atoms with Crippen LogP contribution in [0.25, 0.3) is 0 Å². The van der Waals surface area contributed by atoms with E-state index in [9.17, 15) is 0 Å². The molecule has 2 aliphatic heterocycles. The van der Waals surface area contributed by atoms with Gasteiger partial charge in [-0.1, -0.05) is 35.5 Å². The van der Waals surface area contributed by atoms with Gasteiger partial charge in [0.2, 0.25) is 5.89 Å². The molecule has 0 saturated carbocycles. The molecule has 0 aliphatic carbocycles. The SMILES string of the molecule is Cc1noc(C2CN(Cc3ccccc3)CC23CN(Cc2cnn(C)c2C)C3)n1. The van der Waals surface area contributed by atoms with Crippen molar-refractivity contribution in [3.63, 3.8) is 0 Å². The van der Waals surface area contributed by atoms with Crippen LogP contribution in [0.15, 0.2) is 41.1 Å². The van der Waals surface area contributed by atoms with Crippen LogP contribution in [-0.2, 0) is 20.1 Å². The Kier molecular flexibility index (Phi) is 4.52. The molecule has 2 saturated heterocycles. The Bertz CT molecular complexity index is 988. The highest BCUT2D eigenvalue weighted by Gasteiger charge is 2.56. The molecule has 0 radical (unpaired) electrons. The summed E-state index contributed by atoms with van der Waals surface area (Å²) in [6.07, 6.45) is 2.00. The quantitative estimate of drug-likeness (QED) is 0.665. The first-order valence-electron chi connectivity index (χ1n) is 10.3. The van der Waals surface area contributed by atoms with Crippen LogP contribution in [0.5, 0.6) is 0 Å². The Morgan fingerprint density at radius 1 is 1.07 bits per heavy atom. The fourth-order valence-electron chi connectivity index (χ4n) is 5.05. The Hall–Kier alpha value is -2.51. The zero-order valence-electron chi connectivity index (χ0n) is 17.4. The second-order valence-corrected chi connectivity index (χ2v) is 8.77. The van der Waals surface area contributed by atoms with Gasteiger partial charge in [-0.05, 0) is 19.4 Å². The molecule has 1 aromatic carbocycles. The van der Waals surface area contributed by atoms with Crippen molar-refractivity contribution in [3.05, 3.63) is 65.1 Å². The monoisotopic (exact) mass is 392 g/mol. The van der Waals surface area contributed by atoms with E-state index in [2.05, 4.69) is 62.3 Å². The van der Waals surface area contributed by atoms with Gasteiger partial charge in [-0.25, -0.2) is 0 Å². The maximum atomic E-state index is 5.63. The van der Waals surface area contributed by atoms with Crippen LogP contribution in [0.2, 0.25) is 0 Å². The first-order valence-corrected chi connectivity index (χ1v) is 10.3. The average Bonchev–Trinajstić information content (AvgIpc) is 3.36. The Balaban J connectivity index is 1.33. The van der Waals surface area contributed by atoms with Crippen molar-refractivity contribution in [1.82, 2.24) is 29.7 Å². The molecule has 0 bridgehead atoms. The highest BCUT2D eigenvalue weighted by molar-refractivity contribution is 5.21. The lowest BCUT2D eigenvalue weighted by Gasteiger charge is -2.50. The molecule has 1 atom stereocenters. The second kappa shape index (κ2) is 7.07. The molecule has 0 amide bonds. The summed E-state index contributed by atoms with van der Waals surface area (Å²) in [5.74, 6) is 1.81. The highest BCUT2D eigenvalue weighted by atomic mass is 16.5. The van der Waals surface area contributed by atoms with Crippen LogP contribution in [0.1, 0.15) is 34.5 Å². The van der Waals surface area contributed by atoms with Crippen LogP contribution in [0, 0.1) is 19.3 Å². The van der Waals surface area contributed by atoms with Gasteiger partial charge in [0.25, 0.3) is 0 Å². The maximum absolute atomic E-state index is 5.63. The van der Waals surface area contributed by atoms with E-state index < -0.39 is 0 Å². The smallest absolute Gasteiger partial charge is 0.231 e.